The number of sulfonamides is 1. The highest BCUT2D eigenvalue weighted by atomic mass is 35.5. The first kappa shape index (κ1) is 25.1. The van der Waals surface area contributed by atoms with Crippen LogP contribution in [0.15, 0.2) is 66.7 Å². The summed E-state index contributed by atoms with van der Waals surface area (Å²) in [5, 5.41) is 0.703. The van der Waals surface area contributed by atoms with E-state index in [1.165, 1.54) is 10.6 Å². The molecule has 1 fully saturated rings. The highest BCUT2D eigenvalue weighted by Crippen LogP contribution is 2.26. The largest absolute Gasteiger partial charge is 0.368 e. The summed E-state index contributed by atoms with van der Waals surface area (Å²) in [5.74, 6) is -0.0520. The fraction of sp³-hybridized carbons (Fsp3) is 0.296. The van der Waals surface area contributed by atoms with Crippen LogP contribution in [0.1, 0.15) is 27.0 Å². The predicted octanol–water partition coefficient (Wildman–Crippen LogP) is 4.89. The van der Waals surface area contributed by atoms with E-state index in [2.05, 4.69) is 11.8 Å². The zero-order valence-corrected chi connectivity index (χ0v) is 21.8. The Kier molecular flexibility index (Phi) is 7.38. The van der Waals surface area contributed by atoms with Gasteiger partial charge in [-0.25, -0.2) is 8.42 Å². The fourth-order valence-corrected chi connectivity index (χ4v) is 5.41. The van der Waals surface area contributed by atoms with Crippen molar-refractivity contribution in [2.45, 2.75) is 20.4 Å². The molecule has 0 aliphatic carbocycles. The van der Waals surface area contributed by atoms with Crippen molar-refractivity contribution in [3.63, 3.8) is 0 Å². The lowest BCUT2D eigenvalue weighted by Gasteiger charge is -2.37. The third kappa shape index (κ3) is 5.80. The molecule has 0 aromatic heterocycles. The molecule has 3 aromatic rings. The Morgan fingerprint density at radius 2 is 1.57 bits per heavy atom. The van der Waals surface area contributed by atoms with Crippen LogP contribution < -0.4 is 9.21 Å². The molecule has 0 radical (unpaired) electrons. The summed E-state index contributed by atoms with van der Waals surface area (Å²) in [6, 6.07) is 20.4. The van der Waals surface area contributed by atoms with Gasteiger partial charge in [-0.15, -0.1) is 0 Å². The summed E-state index contributed by atoms with van der Waals surface area (Å²) in [6.45, 7) is 6.93. The van der Waals surface area contributed by atoms with Crippen molar-refractivity contribution in [2.24, 2.45) is 0 Å². The molecule has 3 aromatic carbocycles. The number of piperazine rings is 1. The molecule has 0 saturated carbocycles. The number of nitrogens with zero attached hydrogens (tertiary/aromatic N) is 3. The molecular weight excluding hydrogens is 482 g/mol. The van der Waals surface area contributed by atoms with Crippen molar-refractivity contribution >= 4 is 38.9 Å². The van der Waals surface area contributed by atoms with Crippen molar-refractivity contribution in [1.29, 1.82) is 0 Å². The van der Waals surface area contributed by atoms with Crippen LogP contribution >= 0.6 is 11.6 Å². The summed E-state index contributed by atoms with van der Waals surface area (Å²) < 4.78 is 26.5. The standard InChI is InChI=1S/C27H30ClN3O3S/c1-20-6-4-5-7-23(20)19-31(35(3,33)34)25-12-9-22(10-13-25)27(32)30-16-14-29(15-17-30)26-18-24(28)11-8-21(26)2/h4-13,18H,14-17,19H2,1-3H3. The van der Waals surface area contributed by atoms with E-state index in [0.29, 0.717) is 29.4 Å². The van der Waals surface area contributed by atoms with Gasteiger partial charge in [-0.1, -0.05) is 41.9 Å². The number of benzene rings is 3. The Morgan fingerprint density at radius 3 is 2.20 bits per heavy atom. The van der Waals surface area contributed by atoms with Crippen molar-refractivity contribution in [3.05, 3.63) is 94.0 Å². The molecule has 6 nitrogen and oxygen atoms in total. The van der Waals surface area contributed by atoms with E-state index >= 15 is 0 Å². The first-order chi connectivity index (χ1) is 16.6. The lowest BCUT2D eigenvalue weighted by molar-refractivity contribution is 0.0747. The molecule has 35 heavy (non-hydrogen) atoms. The molecule has 1 aliphatic rings. The van der Waals surface area contributed by atoms with Gasteiger partial charge in [-0.3, -0.25) is 9.10 Å². The third-order valence-electron chi connectivity index (χ3n) is 6.46. The summed E-state index contributed by atoms with van der Waals surface area (Å²) in [7, 11) is -3.50. The lowest BCUT2D eigenvalue weighted by Crippen LogP contribution is -2.49. The molecule has 1 saturated heterocycles. The fourth-order valence-electron chi connectivity index (χ4n) is 4.37. The molecule has 0 N–H and O–H groups in total. The molecule has 1 aliphatic heterocycles. The number of anilines is 2. The molecule has 4 rings (SSSR count). The van der Waals surface area contributed by atoms with Crippen molar-refractivity contribution in [2.75, 3.05) is 41.6 Å². The highest BCUT2D eigenvalue weighted by Gasteiger charge is 2.24. The van der Waals surface area contributed by atoms with E-state index in [9.17, 15) is 13.2 Å². The van der Waals surface area contributed by atoms with Gasteiger partial charge >= 0.3 is 0 Å². The van der Waals surface area contributed by atoms with Gasteiger partial charge in [-0.2, -0.15) is 0 Å². The van der Waals surface area contributed by atoms with Crippen molar-refractivity contribution < 1.29 is 13.2 Å². The van der Waals surface area contributed by atoms with Crippen molar-refractivity contribution in [3.8, 4) is 0 Å². The average Bonchev–Trinajstić information content (AvgIpc) is 2.84. The van der Waals surface area contributed by atoms with Crippen LogP contribution in [0.3, 0.4) is 0 Å². The summed E-state index contributed by atoms with van der Waals surface area (Å²) in [5.41, 5.74) is 5.30. The second-order valence-corrected chi connectivity index (χ2v) is 11.3. The first-order valence-electron chi connectivity index (χ1n) is 11.6. The number of amides is 1. The van der Waals surface area contributed by atoms with Gasteiger partial charge in [0.1, 0.15) is 0 Å². The number of carbonyl (C=O) groups is 1. The van der Waals surface area contributed by atoms with Crippen LogP contribution in [-0.4, -0.2) is 51.7 Å². The number of hydrogen-bond acceptors (Lipinski definition) is 4. The number of hydrogen-bond donors (Lipinski definition) is 0. The Bertz CT molecular complexity index is 1320. The Hall–Kier alpha value is -3.03. The maximum atomic E-state index is 13.1. The van der Waals surface area contributed by atoms with Gasteiger partial charge in [0, 0.05) is 42.5 Å². The second-order valence-electron chi connectivity index (χ2n) is 8.95. The van der Waals surface area contributed by atoms with E-state index in [1.807, 2.05) is 54.3 Å². The quantitative estimate of drug-likeness (QED) is 0.473. The Labute approximate surface area is 212 Å². The molecule has 8 heteroatoms. The number of aryl methyl sites for hydroxylation is 2. The third-order valence-corrected chi connectivity index (χ3v) is 7.83. The molecule has 0 bridgehead atoms. The molecular formula is C27H30ClN3O3S. The molecule has 184 valence electrons. The molecule has 1 heterocycles. The molecule has 1 amide bonds. The topological polar surface area (TPSA) is 60.9 Å². The van der Waals surface area contributed by atoms with Crippen LogP contribution in [0, 0.1) is 13.8 Å². The van der Waals surface area contributed by atoms with Gasteiger partial charge < -0.3 is 9.80 Å². The molecule has 0 unspecified atom stereocenters. The van der Waals surface area contributed by atoms with Crippen LogP contribution in [0.25, 0.3) is 0 Å². The van der Waals surface area contributed by atoms with Gasteiger partial charge in [0.15, 0.2) is 0 Å². The number of carbonyl (C=O) groups excluding carboxylic acids is 1. The van der Waals surface area contributed by atoms with Gasteiger partial charge in [0.05, 0.1) is 18.5 Å². The second kappa shape index (κ2) is 10.3. The van der Waals surface area contributed by atoms with E-state index in [-0.39, 0.29) is 12.5 Å². The van der Waals surface area contributed by atoms with Crippen LogP contribution in [0.4, 0.5) is 11.4 Å². The Morgan fingerprint density at radius 1 is 0.914 bits per heavy atom. The maximum absolute atomic E-state index is 13.1. The van der Waals surface area contributed by atoms with E-state index in [1.54, 1.807) is 24.3 Å². The van der Waals surface area contributed by atoms with Gasteiger partial charge in [-0.05, 0) is 66.9 Å². The minimum Gasteiger partial charge on any atom is -0.368 e. The number of halogens is 1. The van der Waals surface area contributed by atoms with E-state index < -0.39 is 10.0 Å². The monoisotopic (exact) mass is 511 g/mol. The lowest BCUT2D eigenvalue weighted by atomic mass is 10.1. The average molecular weight is 512 g/mol. The highest BCUT2D eigenvalue weighted by molar-refractivity contribution is 7.92. The molecule has 0 spiro atoms. The van der Waals surface area contributed by atoms with E-state index in [0.717, 1.165) is 35.5 Å². The summed E-state index contributed by atoms with van der Waals surface area (Å²) >= 11 is 6.18. The first-order valence-corrected chi connectivity index (χ1v) is 13.8. The summed E-state index contributed by atoms with van der Waals surface area (Å²) in [4.78, 5) is 17.2. The summed E-state index contributed by atoms with van der Waals surface area (Å²) in [6.07, 6.45) is 1.20. The van der Waals surface area contributed by atoms with Crippen LogP contribution in [-0.2, 0) is 16.6 Å². The van der Waals surface area contributed by atoms with E-state index in [4.69, 9.17) is 11.6 Å². The smallest absolute Gasteiger partial charge is 0.253 e. The normalized spacial score (nSPS) is 14.2. The van der Waals surface area contributed by atoms with Crippen LogP contribution in [0.5, 0.6) is 0 Å². The SMILES string of the molecule is Cc1ccccc1CN(c1ccc(C(=O)N2CCN(c3cc(Cl)ccc3C)CC2)cc1)S(C)(=O)=O. The minimum absolute atomic E-state index is 0.0520. The zero-order valence-electron chi connectivity index (χ0n) is 20.2. The maximum Gasteiger partial charge on any atom is 0.253 e. The van der Waals surface area contributed by atoms with Crippen molar-refractivity contribution in [1.82, 2.24) is 4.90 Å². The Balaban J connectivity index is 1.45. The number of rotatable bonds is 6. The molecule has 0 atom stereocenters. The van der Waals surface area contributed by atoms with Crippen LogP contribution in [0.2, 0.25) is 5.02 Å². The van der Waals surface area contributed by atoms with Gasteiger partial charge in [0.2, 0.25) is 10.0 Å². The predicted molar refractivity (Wildman–Crippen MR) is 143 cm³/mol. The minimum atomic E-state index is -3.50. The zero-order chi connectivity index (χ0) is 25.2. The van der Waals surface area contributed by atoms with Gasteiger partial charge in [0.25, 0.3) is 5.91 Å².